The summed E-state index contributed by atoms with van der Waals surface area (Å²) in [5.74, 6) is 1.91. The molecule has 196 valence electrons. The Balaban J connectivity index is 1.39. The smallest absolute Gasteiger partial charge is 0.164 e. The molecule has 0 saturated carbocycles. The van der Waals surface area contributed by atoms with E-state index in [-0.39, 0.29) is 0 Å². The summed E-state index contributed by atoms with van der Waals surface area (Å²) >= 11 is 0. The maximum Gasteiger partial charge on any atom is 0.164 e. The van der Waals surface area contributed by atoms with Gasteiger partial charge in [0.25, 0.3) is 0 Å². The normalized spacial score (nSPS) is 10.8. The van der Waals surface area contributed by atoms with Crippen LogP contribution in [0.15, 0.2) is 146 Å². The van der Waals surface area contributed by atoms with E-state index in [1.807, 2.05) is 84.9 Å². The molecule has 0 fully saturated rings. The van der Waals surface area contributed by atoms with E-state index in [9.17, 15) is 0 Å². The molecule has 1 aromatic heterocycles. The summed E-state index contributed by atoms with van der Waals surface area (Å²) in [6.45, 7) is 0. The zero-order valence-electron chi connectivity index (χ0n) is 22.6. The zero-order chi connectivity index (χ0) is 28.3. The predicted molar refractivity (Wildman–Crippen MR) is 169 cm³/mol. The summed E-state index contributed by atoms with van der Waals surface area (Å²) in [7, 11) is 0. The highest BCUT2D eigenvalue weighted by Gasteiger charge is 2.16. The van der Waals surface area contributed by atoms with Gasteiger partial charge in [-0.2, -0.15) is 5.26 Å². The van der Waals surface area contributed by atoms with Gasteiger partial charge in [-0.15, -0.1) is 0 Å². The highest BCUT2D eigenvalue weighted by molar-refractivity contribution is 6.05. The maximum atomic E-state index is 9.14. The van der Waals surface area contributed by atoms with Crippen molar-refractivity contribution in [3.63, 3.8) is 0 Å². The van der Waals surface area contributed by atoms with Crippen LogP contribution in [0.3, 0.4) is 0 Å². The van der Waals surface area contributed by atoms with E-state index in [4.69, 9.17) is 20.2 Å². The standard InChI is InChI=1S/C38H24N4/c39-25-26-17-19-27(20-18-26)28-21-23-29(24-22-28)33-15-7-13-30-14-8-16-34(35(30)33)38-41-36(31-9-3-1-4-10-31)40-37(42-38)32-11-5-2-6-12-32/h1-24H. The Morgan fingerprint density at radius 1 is 0.381 bits per heavy atom. The van der Waals surface area contributed by atoms with Crippen molar-refractivity contribution in [3.05, 3.63) is 151 Å². The van der Waals surface area contributed by atoms with E-state index in [0.717, 1.165) is 49.7 Å². The molecule has 0 atom stereocenters. The van der Waals surface area contributed by atoms with Crippen LogP contribution >= 0.6 is 0 Å². The molecule has 1 heterocycles. The number of aromatic nitrogens is 3. The molecular weight excluding hydrogens is 512 g/mol. The first-order valence-corrected chi connectivity index (χ1v) is 13.8. The third-order valence-corrected chi connectivity index (χ3v) is 7.39. The van der Waals surface area contributed by atoms with Crippen LogP contribution in [-0.4, -0.2) is 15.0 Å². The van der Waals surface area contributed by atoms with Crippen LogP contribution in [0.4, 0.5) is 0 Å². The van der Waals surface area contributed by atoms with E-state index in [0.29, 0.717) is 23.0 Å². The van der Waals surface area contributed by atoms with Gasteiger partial charge in [-0.05, 0) is 39.8 Å². The van der Waals surface area contributed by atoms with Crippen molar-refractivity contribution in [2.75, 3.05) is 0 Å². The first-order valence-electron chi connectivity index (χ1n) is 13.8. The Bertz CT molecular complexity index is 2000. The van der Waals surface area contributed by atoms with Crippen molar-refractivity contribution in [1.29, 1.82) is 5.26 Å². The molecule has 0 amide bonds. The summed E-state index contributed by atoms with van der Waals surface area (Å²) < 4.78 is 0. The largest absolute Gasteiger partial charge is 0.208 e. The predicted octanol–water partition coefficient (Wildman–Crippen LogP) is 9.23. The first-order chi connectivity index (χ1) is 20.8. The molecule has 42 heavy (non-hydrogen) atoms. The Hall–Kier alpha value is -5.92. The van der Waals surface area contributed by atoms with E-state index in [1.165, 1.54) is 0 Å². The fraction of sp³-hybridized carbons (Fsp3) is 0. The Morgan fingerprint density at radius 3 is 1.40 bits per heavy atom. The second-order valence-electron chi connectivity index (χ2n) is 10.0. The van der Waals surface area contributed by atoms with Crippen LogP contribution in [0, 0.1) is 11.3 Å². The fourth-order valence-electron chi connectivity index (χ4n) is 5.28. The number of hydrogen-bond acceptors (Lipinski definition) is 4. The summed E-state index contributed by atoms with van der Waals surface area (Å²) in [5.41, 5.74) is 7.88. The number of benzene rings is 6. The fourth-order valence-corrected chi connectivity index (χ4v) is 5.28. The molecule has 0 N–H and O–H groups in total. The van der Waals surface area contributed by atoms with Crippen molar-refractivity contribution < 1.29 is 0 Å². The van der Waals surface area contributed by atoms with Crippen LogP contribution in [0.1, 0.15) is 5.56 Å². The number of nitrogens with zero attached hydrogens (tertiary/aromatic N) is 4. The third-order valence-electron chi connectivity index (χ3n) is 7.39. The highest BCUT2D eigenvalue weighted by atomic mass is 15.0. The Morgan fingerprint density at radius 2 is 0.857 bits per heavy atom. The van der Waals surface area contributed by atoms with Crippen molar-refractivity contribution in [1.82, 2.24) is 15.0 Å². The zero-order valence-corrected chi connectivity index (χ0v) is 22.6. The second kappa shape index (κ2) is 10.9. The molecule has 0 spiro atoms. The van der Waals surface area contributed by atoms with Gasteiger partial charge in [0.2, 0.25) is 0 Å². The summed E-state index contributed by atoms with van der Waals surface area (Å²) in [6.07, 6.45) is 0. The van der Waals surface area contributed by atoms with Gasteiger partial charge >= 0.3 is 0 Å². The summed E-state index contributed by atoms with van der Waals surface area (Å²) in [5, 5.41) is 11.3. The first kappa shape index (κ1) is 25.1. The molecular formula is C38H24N4. The van der Waals surface area contributed by atoms with Gasteiger partial charge in [0, 0.05) is 22.1 Å². The lowest BCUT2D eigenvalue weighted by atomic mass is 9.93. The summed E-state index contributed by atoms with van der Waals surface area (Å²) in [6, 6.07) is 51.1. The van der Waals surface area contributed by atoms with Gasteiger partial charge in [-0.25, -0.2) is 15.0 Å². The average molecular weight is 537 g/mol. The molecule has 0 bridgehead atoms. The number of nitriles is 1. The monoisotopic (exact) mass is 536 g/mol. The molecule has 7 aromatic rings. The minimum absolute atomic E-state index is 0.634. The lowest BCUT2D eigenvalue weighted by molar-refractivity contribution is 1.08. The van der Waals surface area contributed by atoms with Crippen molar-refractivity contribution in [2.24, 2.45) is 0 Å². The van der Waals surface area contributed by atoms with Crippen LogP contribution in [0.2, 0.25) is 0 Å². The van der Waals surface area contributed by atoms with Crippen LogP contribution in [0.5, 0.6) is 0 Å². The lowest BCUT2D eigenvalue weighted by Gasteiger charge is -2.14. The quantitative estimate of drug-likeness (QED) is 0.220. The molecule has 6 aromatic carbocycles. The molecule has 7 rings (SSSR count). The SMILES string of the molecule is N#Cc1ccc(-c2ccc(-c3cccc4cccc(-c5nc(-c6ccccc6)nc(-c6ccccc6)n5)c34)cc2)cc1. The average Bonchev–Trinajstić information content (AvgIpc) is 3.08. The van der Waals surface area contributed by atoms with E-state index in [2.05, 4.69) is 66.7 Å². The van der Waals surface area contributed by atoms with Crippen molar-refractivity contribution in [3.8, 4) is 62.5 Å². The Labute approximate surface area is 244 Å². The van der Waals surface area contributed by atoms with Gasteiger partial charge in [0.1, 0.15) is 0 Å². The van der Waals surface area contributed by atoms with Crippen LogP contribution < -0.4 is 0 Å². The second-order valence-corrected chi connectivity index (χ2v) is 10.0. The van der Waals surface area contributed by atoms with Crippen LogP contribution in [-0.2, 0) is 0 Å². The third kappa shape index (κ3) is 4.81. The molecule has 0 radical (unpaired) electrons. The van der Waals surface area contributed by atoms with Gasteiger partial charge in [-0.3, -0.25) is 0 Å². The van der Waals surface area contributed by atoms with Crippen molar-refractivity contribution in [2.45, 2.75) is 0 Å². The van der Waals surface area contributed by atoms with E-state index in [1.54, 1.807) is 0 Å². The van der Waals surface area contributed by atoms with Crippen LogP contribution in [0.25, 0.3) is 67.2 Å². The number of hydrogen-bond donors (Lipinski definition) is 0. The van der Waals surface area contributed by atoms with Gasteiger partial charge in [0.15, 0.2) is 17.5 Å². The van der Waals surface area contributed by atoms with Gasteiger partial charge in [-0.1, -0.05) is 133 Å². The Kier molecular flexibility index (Phi) is 6.52. The molecule has 0 saturated heterocycles. The number of rotatable bonds is 5. The molecule has 0 aliphatic carbocycles. The van der Waals surface area contributed by atoms with Gasteiger partial charge < -0.3 is 0 Å². The number of fused-ring (bicyclic) bond motifs is 1. The minimum Gasteiger partial charge on any atom is -0.208 e. The van der Waals surface area contributed by atoms with E-state index >= 15 is 0 Å². The molecule has 0 aliphatic rings. The maximum absolute atomic E-state index is 9.14. The van der Waals surface area contributed by atoms with Crippen molar-refractivity contribution >= 4 is 10.8 Å². The highest BCUT2D eigenvalue weighted by Crippen LogP contribution is 2.37. The molecule has 4 nitrogen and oxygen atoms in total. The summed E-state index contributed by atoms with van der Waals surface area (Å²) in [4.78, 5) is 14.9. The molecule has 0 unspecified atom stereocenters. The molecule has 4 heteroatoms. The lowest BCUT2D eigenvalue weighted by Crippen LogP contribution is -2.00. The minimum atomic E-state index is 0.634. The molecule has 0 aliphatic heterocycles. The topological polar surface area (TPSA) is 62.5 Å². The van der Waals surface area contributed by atoms with Gasteiger partial charge in [0.05, 0.1) is 11.6 Å². The van der Waals surface area contributed by atoms with E-state index < -0.39 is 0 Å².